The Morgan fingerprint density at radius 2 is 2.30 bits per heavy atom. The van der Waals surface area contributed by atoms with Crippen LogP contribution in [0.2, 0.25) is 0 Å². The van der Waals surface area contributed by atoms with E-state index in [0.717, 1.165) is 41.6 Å². The van der Waals surface area contributed by atoms with Gasteiger partial charge in [-0.1, -0.05) is 18.2 Å². The molecule has 1 N–H and O–H groups in total. The van der Waals surface area contributed by atoms with Crippen LogP contribution in [0.25, 0.3) is 0 Å². The third kappa shape index (κ3) is 4.16. The zero-order valence-corrected chi connectivity index (χ0v) is 14.2. The SMILES string of the molecule is CC(=O)Nc1ccccc1CN1CCOC(c2nc(C)cs2)C1. The van der Waals surface area contributed by atoms with Crippen LogP contribution in [0.1, 0.15) is 29.3 Å². The number of thiazole rings is 1. The summed E-state index contributed by atoms with van der Waals surface area (Å²) in [6.07, 6.45) is 0.0374. The Morgan fingerprint density at radius 1 is 1.48 bits per heavy atom. The van der Waals surface area contributed by atoms with Gasteiger partial charge >= 0.3 is 0 Å². The van der Waals surface area contributed by atoms with Crippen molar-refractivity contribution in [2.45, 2.75) is 26.5 Å². The number of aromatic nitrogens is 1. The number of hydrogen-bond donors (Lipinski definition) is 1. The Kier molecular flexibility index (Phi) is 5.05. The van der Waals surface area contributed by atoms with Gasteiger partial charge in [-0.05, 0) is 18.6 Å². The molecule has 1 unspecified atom stereocenters. The van der Waals surface area contributed by atoms with Crippen LogP contribution in [0.4, 0.5) is 5.69 Å². The molecule has 0 bridgehead atoms. The monoisotopic (exact) mass is 331 g/mol. The molecular formula is C17H21N3O2S. The Balaban J connectivity index is 1.69. The number of nitrogens with zero attached hydrogens (tertiary/aromatic N) is 2. The van der Waals surface area contributed by atoms with Gasteiger partial charge in [-0.2, -0.15) is 0 Å². The van der Waals surface area contributed by atoms with Crippen molar-refractivity contribution in [1.29, 1.82) is 0 Å². The fraction of sp³-hybridized carbons (Fsp3) is 0.412. The average Bonchev–Trinajstić information content (AvgIpc) is 2.96. The molecule has 1 aromatic heterocycles. The first-order valence-corrected chi connectivity index (χ1v) is 8.61. The standard InChI is InChI=1S/C17H21N3O2S/c1-12-11-23-17(18-12)16-10-20(7-8-22-16)9-14-5-3-4-6-15(14)19-13(2)21/h3-6,11,16H,7-10H2,1-2H3,(H,19,21). The molecule has 0 radical (unpaired) electrons. The largest absolute Gasteiger partial charge is 0.368 e. The maximum absolute atomic E-state index is 11.3. The van der Waals surface area contributed by atoms with E-state index in [4.69, 9.17) is 4.74 Å². The lowest BCUT2D eigenvalue weighted by atomic mass is 10.1. The predicted molar refractivity (Wildman–Crippen MR) is 91.6 cm³/mol. The molecule has 1 amide bonds. The number of para-hydroxylation sites is 1. The minimum atomic E-state index is -0.0458. The number of anilines is 1. The summed E-state index contributed by atoms with van der Waals surface area (Å²) < 4.78 is 5.88. The molecule has 0 aliphatic carbocycles. The van der Waals surface area contributed by atoms with Crippen LogP contribution in [0, 0.1) is 6.92 Å². The van der Waals surface area contributed by atoms with Gasteiger partial charge in [-0.25, -0.2) is 4.98 Å². The zero-order chi connectivity index (χ0) is 16.2. The van der Waals surface area contributed by atoms with Crippen molar-refractivity contribution in [3.05, 3.63) is 45.9 Å². The van der Waals surface area contributed by atoms with Crippen molar-refractivity contribution in [2.75, 3.05) is 25.0 Å². The quantitative estimate of drug-likeness (QED) is 0.936. The molecule has 6 heteroatoms. The van der Waals surface area contributed by atoms with Gasteiger partial charge < -0.3 is 10.1 Å². The lowest BCUT2D eigenvalue weighted by molar-refractivity contribution is -0.114. The molecule has 1 saturated heterocycles. The maximum Gasteiger partial charge on any atom is 0.221 e. The number of carbonyl (C=O) groups is 1. The van der Waals surface area contributed by atoms with E-state index in [0.29, 0.717) is 6.61 Å². The molecule has 1 aliphatic heterocycles. The second-order valence-corrected chi connectivity index (χ2v) is 6.65. The van der Waals surface area contributed by atoms with Gasteiger partial charge in [0, 0.05) is 43.3 Å². The summed E-state index contributed by atoms with van der Waals surface area (Å²) in [5, 5.41) is 6.01. The topological polar surface area (TPSA) is 54.5 Å². The molecule has 1 fully saturated rings. The van der Waals surface area contributed by atoms with Gasteiger partial charge in [0.1, 0.15) is 11.1 Å². The Hall–Kier alpha value is -1.76. The minimum absolute atomic E-state index is 0.0374. The molecule has 122 valence electrons. The first-order valence-electron chi connectivity index (χ1n) is 7.73. The van der Waals surface area contributed by atoms with Gasteiger partial charge in [0.05, 0.1) is 6.61 Å². The first kappa shape index (κ1) is 16.1. The molecule has 3 rings (SSSR count). The molecule has 23 heavy (non-hydrogen) atoms. The van der Waals surface area contributed by atoms with E-state index in [-0.39, 0.29) is 12.0 Å². The Morgan fingerprint density at radius 3 is 3.04 bits per heavy atom. The van der Waals surface area contributed by atoms with E-state index in [9.17, 15) is 4.79 Å². The number of benzene rings is 1. The second kappa shape index (κ2) is 7.21. The van der Waals surface area contributed by atoms with E-state index < -0.39 is 0 Å². The Bertz CT molecular complexity index is 686. The van der Waals surface area contributed by atoms with Gasteiger partial charge in [0.25, 0.3) is 0 Å². The minimum Gasteiger partial charge on any atom is -0.368 e. The third-order valence-electron chi connectivity index (χ3n) is 3.78. The van der Waals surface area contributed by atoms with Crippen molar-refractivity contribution in [2.24, 2.45) is 0 Å². The molecule has 2 aromatic rings. The van der Waals surface area contributed by atoms with Crippen LogP contribution in [-0.2, 0) is 16.1 Å². The number of hydrogen-bond acceptors (Lipinski definition) is 5. The third-order valence-corrected chi connectivity index (χ3v) is 4.84. The average molecular weight is 331 g/mol. The smallest absolute Gasteiger partial charge is 0.221 e. The highest BCUT2D eigenvalue weighted by atomic mass is 32.1. The molecule has 1 aromatic carbocycles. The highest BCUT2D eigenvalue weighted by Gasteiger charge is 2.24. The summed E-state index contributed by atoms with van der Waals surface area (Å²) in [5.41, 5.74) is 3.05. The van der Waals surface area contributed by atoms with E-state index in [1.54, 1.807) is 11.3 Å². The lowest BCUT2D eigenvalue weighted by Gasteiger charge is -2.32. The first-order chi connectivity index (χ1) is 11.1. The van der Waals surface area contributed by atoms with Gasteiger partial charge in [-0.15, -0.1) is 11.3 Å². The van der Waals surface area contributed by atoms with Crippen LogP contribution >= 0.6 is 11.3 Å². The number of nitrogens with one attached hydrogen (secondary N) is 1. The highest BCUT2D eigenvalue weighted by Crippen LogP contribution is 2.27. The van der Waals surface area contributed by atoms with Crippen molar-refractivity contribution in [1.82, 2.24) is 9.88 Å². The number of morpholine rings is 1. The number of ether oxygens (including phenoxy) is 1. The normalized spacial score (nSPS) is 18.8. The van der Waals surface area contributed by atoms with Crippen LogP contribution in [-0.4, -0.2) is 35.5 Å². The number of carbonyl (C=O) groups excluding carboxylic acids is 1. The summed E-state index contributed by atoms with van der Waals surface area (Å²) in [7, 11) is 0. The van der Waals surface area contributed by atoms with Crippen molar-refractivity contribution >= 4 is 22.9 Å². The number of rotatable bonds is 4. The maximum atomic E-state index is 11.3. The molecule has 5 nitrogen and oxygen atoms in total. The number of amides is 1. The van der Waals surface area contributed by atoms with Gasteiger partial charge in [0.15, 0.2) is 0 Å². The summed E-state index contributed by atoms with van der Waals surface area (Å²) in [6, 6.07) is 7.94. The Labute approximate surface area is 140 Å². The van der Waals surface area contributed by atoms with Gasteiger partial charge in [0.2, 0.25) is 5.91 Å². The fourth-order valence-corrected chi connectivity index (χ4v) is 3.56. The summed E-state index contributed by atoms with van der Waals surface area (Å²) in [5.74, 6) is -0.0458. The zero-order valence-electron chi connectivity index (χ0n) is 13.4. The van der Waals surface area contributed by atoms with Crippen LogP contribution in [0.15, 0.2) is 29.6 Å². The fourth-order valence-electron chi connectivity index (χ4n) is 2.73. The molecule has 2 heterocycles. The van der Waals surface area contributed by atoms with E-state index in [1.807, 2.05) is 25.1 Å². The molecular weight excluding hydrogens is 310 g/mol. The number of aryl methyl sites for hydroxylation is 1. The van der Waals surface area contributed by atoms with Gasteiger partial charge in [-0.3, -0.25) is 9.69 Å². The van der Waals surface area contributed by atoms with E-state index in [2.05, 4.69) is 26.6 Å². The van der Waals surface area contributed by atoms with Crippen molar-refractivity contribution in [3.8, 4) is 0 Å². The van der Waals surface area contributed by atoms with E-state index >= 15 is 0 Å². The summed E-state index contributed by atoms with van der Waals surface area (Å²) >= 11 is 1.66. The van der Waals surface area contributed by atoms with E-state index in [1.165, 1.54) is 6.92 Å². The molecule has 1 aliphatic rings. The molecule has 0 saturated carbocycles. The van der Waals surface area contributed by atoms with Crippen LogP contribution in [0.5, 0.6) is 0 Å². The highest BCUT2D eigenvalue weighted by molar-refractivity contribution is 7.09. The van der Waals surface area contributed by atoms with Crippen molar-refractivity contribution in [3.63, 3.8) is 0 Å². The molecule has 1 atom stereocenters. The lowest BCUT2D eigenvalue weighted by Crippen LogP contribution is -2.38. The predicted octanol–water partition coefficient (Wildman–Crippen LogP) is 2.98. The summed E-state index contributed by atoms with van der Waals surface area (Å²) in [6.45, 7) is 6.74. The van der Waals surface area contributed by atoms with Crippen molar-refractivity contribution < 1.29 is 9.53 Å². The molecule has 0 spiro atoms. The van der Waals surface area contributed by atoms with Crippen LogP contribution in [0.3, 0.4) is 0 Å². The summed E-state index contributed by atoms with van der Waals surface area (Å²) in [4.78, 5) is 18.2. The van der Waals surface area contributed by atoms with Crippen LogP contribution < -0.4 is 5.32 Å². The second-order valence-electron chi connectivity index (χ2n) is 5.76.